The predicted octanol–water partition coefficient (Wildman–Crippen LogP) is 5.32. The first-order valence-corrected chi connectivity index (χ1v) is 11.6. The molecule has 1 fully saturated rings. The zero-order valence-electron chi connectivity index (χ0n) is 16.8. The van der Waals surface area contributed by atoms with Crippen molar-refractivity contribution < 1.29 is 14.0 Å². The normalized spacial score (nSPS) is 13.2. The number of aromatic nitrogens is 3. The molecule has 0 radical (unpaired) electrons. The molecule has 1 aliphatic carbocycles. The second-order valence-electron chi connectivity index (χ2n) is 7.47. The lowest BCUT2D eigenvalue weighted by molar-refractivity contribution is 0.0789. The smallest absolute Gasteiger partial charge is 0.274 e. The molecule has 1 N–H and O–H groups in total. The topological polar surface area (TPSA) is 80.1 Å². The lowest BCUT2D eigenvalue weighted by Gasteiger charge is -2.20. The Kier molecular flexibility index (Phi) is 6.64. The first-order chi connectivity index (χ1) is 15.2. The molecule has 1 aliphatic rings. The van der Waals surface area contributed by atoms with E-state index in [9.17, 15) is 14.0 Å². The highest BCUT2D eigenvalue weighted by atomic mass is 79.9. The van der Waals surface area contributed by atoms with Crippen LogP contribution in [0.1, 0.15) is 33.7 Å². The summed E-state index contributed by atoms with van der Waals surface area (Å²) in [6, 6.07) is 7.10. The number of pyridine rings is 1. The van der Waals surface area contributed by atoms with Crippen molar-refractivity contribution in [2.75, 3.05) is 18.9 Å². The van der Waals surface area contributed by atoms with Crippen molar-refractivity contribution in [3.63, 3.8) is 0 Å². The minimum absolute atomic E-state index is 0.0503. The van der Waals surface area contributed by atoms with E-state index in [2.05, 4.69) is 47.3 Å². The summed E-state index contributed by atoms with van der Waals surface area (Å²) in [4.78, 5) is 32.0. The van der Waals surface area contributed by atoms with Gasteiger partial charge in [-0.1, -0.05) is 11.6 Å². The number of carbonyl (C=O) groups excluding carboxylic acids is 2. The maximum Gasteiger partial charge on any atom is 0.274 e. The van der Waals surface area contributed by atoms with Gasteiger partial charge in [-0.15, -0.1) is 0 Å². The highest BCUT2D eigenvalue weighted by Gasteiger charge is 2.28. The van der Waals surface area contributed by atoms with Crippen molar-refractivity contribution in [3.05, 3.63) is 67.7 Å². The first kappa shape index (κ1) is 22.9. The van der Waals surface area contributed by atoms with Crippen molar-refractivity contribution in [1.29, 1.82) is 0 Å². The van der Waals surface area contributed by atoms with E-state index in [4.69, 9.17) is 11.6 Å². The lowest BCUT2D eigenvalue weighted by atomic mass is 10.1. The van der Waals surface area contributed by atoms with Crippen LogP contribution >= 0.6 is 43.5 Å². The van der Waals surface area contributed by atoms with E-state index in [-0.39, 0.29) is 33.1 Å². The quantitative estimate of drug-likeness (QED) is 0.425. The van der Waals surface area contributed by atoms with E-state index >= 15 is 0 Å². The molecule has 0 aliphatic heterocycles. The van der Waals surface area contributed by atoms with Gasteiger partial charge in [-0.2, -0.15) is 5.10 Å². The Morgan fingerprint density at radius 3 is 2.75 bits per heavy atom. The molecule has 3 aromatic rings. The molecule has 2 amide bonds. The second-order valence-corrected chi connectivity index (χ2v) is 9.54. The molecule has 4 rings (SSSR count). The fraction of sp³-hybridized carbons (Fsp3) is 0.238. The minimum Gasteiger partial charge on any atom is -0.341 e. The van der Waals surface area contributed by atoms with Gasteiger partial charge < -0.3 is 10.2 Å². The molecular formula is C21H17Br2ClFN5O2. The molecule has 1 saturated carbocycles. The van der Waals surface area contributed by atoms with Crippen molar-refractivity contribution in [1.82, 2.24) is 19.7 Å². The van der Waals surface area contributed by atoms with Gasteiger partial charge in [0, 0.05) is 30.3 Å². The van der Waals surface area contributed by atoms with Gasteiger partial charge in [0.05, 0.1) is 16.3 Å². The molecule has 0 spiro atoms. The summed E-state index contributed by atoms with van der Waals surface area (Å²) in [7, 11) is 1.67. The predicted molar refractivity (Wildman–Crippen MR) is 126 cm³/mol. The number of benzene rings is 1. The average Bonchev–Trinajstić information content (AvgIpc) is 3.47. The Morgan fingerprint density at radius 2 is 2.06 bits per heavy atom. The molecule has 1 aromatic carbocycles. The van der Waals surface area contributed by atoms with Crippen LogP contribution in [0.15, 0.2) is 45.6 Å². The fourth-order valence-corrected chi connectivity index (χ4v) is 4.34. The third-order valence-corrected chi connectivity index (χ3v) is 6.26. The van der Waals surface area contributed by atoms with Crippen molar-refractivity contribution in [3.8, 4) is 5.82 Å². The zero-order chi connectivity index (χ0) is 23.0. The van der Waals surface area contributed by atoms with Crippen LogP contribution in [-0.4, -0.2) is 45.1 Å². The zero-order valence-corrected chi connectivity index (χ0v) is 20.7. The van der Waals surface area contributed by atoms with E-state index in [1.54, 1.807) is 24.1 Å². The SMILES string of the molecule is CN(CC1CC1)C(=O)c1cc(F)cc(Br)c1NC(=O)c1cc(Br)nn1-c1ncccc1Cl. The third kappa shape index (κ3) is 4.87. The van der Waals surface area contributed by atoms with Crippen LogP contribution in [0.2, 0.25) is 5.02 Å². The summed E-state index contributed by atoms with van der Waals surface area (Å²) < 4.78 is 16.1. The molecule has 2 heterocycles. The average molecular weight is 586 g/mol. The number of nitrogens with zero attached hydrogens (tertiary/aromatic N) is 4. The molecule has 11 heteroatoms. The Bertz CT molecular complexity index is 1210. The Hall–Kier alpha value is -2.30. The molecule has 0 saturated heterocycles. The van der Waals surface area contributed by atoms with E-state index in [1.807, 2.05) is 0 Å². The maximum atomic E-state index is 14.1. The van der Waals surface area contributed by atoms with Crippen molar-refractivity contribution >= 4 is 61.0 Å². The van der Waals surface area contributed by atoms with Gasteiger partial charge in [0.2, 0.25) is 0 Å². The number of anilines is 1. The van der Waals surface area contributed by atoms with Crippen LogP contribution in [0.3, 0.4) is 0 Å². The maximum absolute atomic E-state index is 14.1. The number of halogens is 4. The van der Waals surface area contributed by atoms with Crippen LogP contribution < -0.4 is 5.32 Å². The number of rotatable bonds is 6. The van der Waals surface area contributed by atoms with Gasteiger partial charge in [0.1, 0.15) is 16.1 Å². The van der Waals surface area contributed by atoms with Crippen molar-refractivity contribution in [2.24, 2.45) is 5.92 Å². The van der Waals surface area contributed by atoms with E-state index in [0.717, 1.165) is 18.9 Å². The van der Waals surface area contributed by atoms with E-state index in [0.29, 0.717) is 22.1 Å². The van der Waals surface area contributed by atoms with Gasteiger partial charge in [-0.05, 0) is 74.9 Å². The largest absolute Gasteiger partial charge is 0.341 e. The third-order valence-electron chi connectivity index (χ3n) is 4.95. The molecular weight excluding hydrogens is 569 g/mol. The fourth-order valence-electron chi connectivity index (χ4n) is 3.23. The molecule has 0 atom stereocenters. The lowest BCUT2D eigenvalue weighted by Crippen LogP contribution is -2.30. The highest BCUT2D eigenvalue weighted by Crippen LogP contribution is 2.33. The summed E-state index contributed by atoms with van der Waals surface area (Å²) >= 11 is 12.8. The summed E-state index contributed by atoms with van der Waals surface area (Å²) in [6.45, 7) is 0.582. The Balaban J connectivity index is 1.69. The van der Waals surface area contributed by atoms with Crippen LogP contribution in [-0.2, 0) is 0 Å². The van der Waals surface area contributed by atoms with E-state index in [1.165, 1.54) is 23.0 Å². The summed E-state index contributed by atoms with van der Waals surface area (Å²) in [6.07, 6.45) is 3.67. The molecule has 166 valence electrons. The summed E-state index contributed by atoms with van der Waals surface area (Å²) in [5, 5.41) is 7.27. The van der Waals surface area contributed by atoms with Gasteiger partial charge in [0.15, 0.2) is 5.82 Å². The summed E-state index contributed by atoms with van der Waals surface area (Å²) in [5.41, 5.74) is 0.341. The first-order valence-electron chi connectivity index (χ1n) is 9.67. The van der Waals surface area contributed by atoms with Gasteiger partial charge in [-0.25, -0.2) is 14.1 Å². The number of hydrogen-bond acceptors (Lipinski definition) is 4. The molecule has 0 unspecified atom stereocenters. The van der Waals surface area contributed by atoms with Crippen molar-refractivity contribution in [2.45, 2.75) is 12.8 Å². The van der Waals surface area contributed by atoms with Crippen LogP contribution in [0.4, 0.5) is 10.1 Å². The number of carbonyl (C=O) groups is 2. The van der Waals surface area contributed by atoms with Gasteiger partial charge in [0.25, 0.3) is 11.8 Å². The minimum atomic E-state index is -0.592. The van der Waals surface area contributed by atoms with Crippen LogP contribution in [0.5, 0.6) is 0 Å². The van der Waals surface area contributed by atoms with Crippen LogP contribution in [0, 0.1) is 11.7 Å². The number of hydrogen-bond donors (Lipinski definition) is 1. The number of amides is 2. The summed E-state index contributed by atoms with van der Waals surface area (Å²) in [5.74, 6) is -0.811. The molecule has 32 heavy (non-hydrogen) atoms. The molecule has 7 nitrogen and oxygen atoms in total. The molecule has 2 aromatic heterocycles. The molecule has 0 bridgehead atoms. The van der Waals surface area contributed by atoms with Crippen LogP contribution in [0.25, 0.3) is 5.82 Å². The second kappa shape index (κ2) is 9.29. The van der Waals surface area contributed by atoms with Gasteiger partial charge >= 0.3 is 0 Å². The van der Waals surface area contributed by atoms with Gasteiger partial charge in [-0.3, -0.25) is 9.59 Å². The van der Waals surface area contributed by atoms with E-state index < -0.39 is 11.7 Å². The Morgan fingerprint density at radius 1 is 1.31 bits per heavy atom. The monoisotopic (exact) mass is 583 g/mol. The standard InChI is InChI=1S/C21H17Br2ClFN5O2/c1-29(10-11-4-5-11)21(32)13-7-12(25)8-14(22)18(13)27-20(31)16-9-17(23)28-30(16)19-15(24)3-2-6-26-19/h2-3,6-9,11H,4-5,10H2,1H3,(H,27,31). The number of nitrogens with one attached hydrogen (secondary N) is 1. The Labute approximate surface area is 205 Å². The highest BCUT2D eigenvalue weighted by molar-refractivity contribution is 9.10.